The number of anilines is 2. The van der Waals surface area contributed by atoms with E-state index in [1.807, 2.05) is 0 Å². The molecule has 1 aromatic heterocycles. The zero-order valence-electron chi connectivity index (χ0n) is 17.3. The maximum absolute atomic E-state index is 12.1. The second-order valence-electron chi connectivity index (χ2n) is 9.87. The van der Waals surface area contributed by atoms with E-state index in [1.54, 1.807) is 4.90 Å². The van der Waals surface area contributed by atoms with Crippen LogP contribution >= 0.6 is 0 Å². The molecule has 2 saturated heterocycles. The maximum atomic E-state index is 12.1. The lowest BCUT2D eigenvalue weighted by Gasteiger charge is -2.47. The highest BCUT2D eigenvalue weighted by Crippen LogP contribution is 2.42. The van der Waals surface area contributed by atoms with Crippen LogP contribution in [0.4, 0.5) is 16.6 Å². The largest absolute Gasteiger partial charge is 0.465 e. The van der Waals surface area contributed by atoms with Crippen molar-refractivity contribution in [3.8, 4) is 0 Å². The third kappa shape index (κ3) is 3.51. The van der Waals surface area contributed by atoms with E-state index < -0.39 is 6.09 Å². The number of likely N-dealkylation sites (tertiary alicyclic amines) is 1. The lowest BCUT2D eigenvalue weighted by molar-refractivity contribution is 0.0149. The predicted molar refractivity (Wildman–Crippen MR) is 109 cm³/mol. The number of aromatic nitrogens is 2. The molecule has 1 aliphatic carbocycles. The van der Waals surface area contributed by atoms with E-state index in [0.717, 1.165) is 30.9 Å². The molecule has 1 unspecified atom stereocenters. The van der Waals surface area contributed by atoms with Crippen molar-refractivity contribution in [1.82, 2.24) is 14.9 Å². The van der Waals surface area contributed by atoms with Crippen molar-refractivity contribution < 1.29 is 9.90 Å². The molecule has 1 aromatic rings. The molecule has 154 valence electrons. The molecule has 0 aromatic carbocycles. The molecule has 7 heteroatoms. The molecule has 2 aliphatic heterocycles. The van der Waals surface area contributed by atoms with Crippen molar-refractivity contribution in [3.05, 3.63) is 11.8 Å². The molecule has 1 amide bonds. The van der Waals surface area contributed by atoms with Gasteiger partial charge >= 0.3 is 6.09 Å². The van der Waals surface area contributed by atoms with Gasteiger partial charge in [0.05, 0.1) is 11.7 Å². The van der Waals surface area contributed by atoms with Crippen LogP contribution in [0.3, 0.4) is 0 Å². The summed E-state index contributed by atoms with van der Waals surface area (Å²) in [4.78, 5) is 25.1. The van der Waals surface area contributed by atoms with Crippen LogP contribution in [0.25, 0.3) is 0 Å². The summed E-state index contributed by atoms with van der Waals surface area (Å²) < 4.78 is 0. The SMILES string of the molecule is CC(C)(C)C1CC[C@@H]2CN(c3cc(C4CCCC4)nc(N)n3)C[C@@H]2N1C(=O)O. The van der Waals surface area contributed by atoms with Crippen LogP contribution < -0.4 is 10.6 Å². The summed E-state index contributed by atoms with van der Waals surface area (Å²) in [6.07, 6.45) is 6.01. The summed E-state index contributed by atoms with van der Waals surface area (Å²) in [7, 11) is 0. The van der Waals surface area contributed by atoms with E-state index >= 15 is 0 Å². The molecule has 28 heavy (non-hydrogen) atoms. The number of amides is 1. The van der Waals surface area contributed by atoms with Gasteiger partial charge in [-0.2, -0.15) is 4.98 Å². The molecule has 7 nitrogen and oxygen atoms in total. The van der Waals surface area contributed by atoms with Crippen LogP contribution in [-0.2, 0) is 0 Å². The number of hydrogen-bond donors (Lipinski definition) is 2. The molecular formula is C21H33N5O2. The molecule has 3 aliphatic rings. The van der Waals surface area contributed by atoms with Gasteiger partial charge in [-0.15, -0.1) is 0 Å². The normalized spacial score (nSPS) is 28.6. The van der Waals surface area contributed by atoms with Crippen LogP contribution in [0.1, 0.15) is 70.9 Å². The van der Waals surface area contributed by atoms with Crippen molar-refractivity contribution in [2.45, 2.75) is 77.3 Å². The van der Waals surface area contributed by atoms with E-state index in [-0.39, 0.29) is 17.5 Å². The lowest BCUT2D eigenvalue weighted by Crippen LogP contribution is -2.57. The summed E-state index contributed by atoms with van der Waals surface area (Å²) in [5.41, 5.74) is 7.03. The highest BCUT2D eigenvalue weighted by Gasteiger charge is 2.48. The Hall–Kier alpha value is -2.05. The van der Waals surface area contributed by atoms with Crippen LogP contribution in [0, 0.1) is 11.3 Å². The number of carbonyl (C=O) groups is 1. The summed E-state index contributed by atoms with van der Waals surface area (Å²) in [5, 5.41) is 9.97. The summed E-state index contributed by atoms with van der Waals surface area (Å²) in [5.74, 6) is 2.02. The van der Waals surface area contributed by atoms with E-state index in [0.29, 0.717) is 24.3 Å². The highest BCUT2D eigenvalue weighted by molar-refractivity contribution is 5.67. The molecule has 3 atom stereocenters. The third-order valence-electron chi connectivity index (χ3n) is 6.98. The fourth-order valence-electron chi connectivity index (χ4n) is 5.57. The molecular weight excluding hydrogens is 354 g/mol. The number of fused-ring (bicyclic) bond motifs is 1. The van der Waals surface area contributed by atoms with Gasteiger partial charge in [-0.3, -0.25) is 4.90 Å². The average molecular weight is 388 g/mol. The van der Waals surface area contributed by atoms with Crippen LogP contribution in [-0.4, -0.2) is 51.2 Å². The van der Waals surface area contributed by atoms with Crippen molar-refractivity contribution >= 4 is 17.9 Å². The number of nitrogens with two attached hydrogens (primary N) is 1. The van der Waals surface area contributed by atoms with Crippen molar-refractivity contribution in [2.75, 3.05) is 23.7 Å². The summed E-state index contributed by atoms with van der Waals surface area (Å²) >= 11 is 0. The molecule has 3 N–H and O–H groups in total. The quantitative estimate of drug-likeness (QED) is 0.803. The molecule has 3 fully saturated rings. The smallest absolute Gasteiger partial charge is 0.407 e. The Balaban J connectivity index is 1.59. The molecule has 0 spiro atoms. The van der Waals surface area contributed by atoms with Gasteiger partial charge in [0.25, 0.3) is 0 Å². The number of hydrogen-bond acceptors (Lipinski definition) is 5. The Kier molecular flexibility index (Phi) is 4.88. The van der Waals surface area contributed by atoms with Crippen LogP contribution in [0.2, 0.25) is 0 Å². The Morgan fingerprint density at radius 2 is 1.86 bits per heavy atom. The topological polar surface area (TPSA) is 95.6 Å². The van der Waals surface area contributed by atoms with Crippen LogP contribution in [0.5, 0.6) is 0 Å². The molecule has 0 radical (unpaired) electrons. The zero-order valence-corrected chi connectivity index (χ0v) is 17.3. The predicted octanol–water partition coefficient (Wildman–Crippen LogP) is 3.71. The van der Waals surface area contributed by atoms with Crippen molar-refractivity contribution in [2.24, 2.45) is 11.3 Å². The average Bonchev–Trinajstić information content (AvgIpc) is 3.28. The summed E-state index contributed by atoms with van der Waals surface area (Å²) in [6, 6.07) is 2.16. The second-order valence-corrected chi connectivity index (χ2v) is 9.87. The first-order valence-corrected chi connectivity index (χ1v) is 10.6. The number of nitrogen functional groups attached to an aromatic ring is 1. The van der Waals surface area contributed by atoms with E-state index in [9.17, 15) is 9.90 Å². The fraction of sp³-hybridized carbons (Fsp3) is 0.762. The third-order valence-corrected chi connectivity index (χ3v) is 6.98. The van der Waals surface area contributed by atoms with E-state index in [4.69, 9.17) is 5.73 Å². The first-order chi connectivity index (χ1) is 13.2. The number of rotatable bonds is 2. The number of nitrogens with zero attached hydrogens (tertiary/aromatic N) is 4. The Bertz CT molecular complexity index is 741. The number of piperidine rings is 1. The minimum absolute atomic E-state index is 0.0154. The maximum Gasteiger partial charge on any atom is 0.407 e. The minimum atomic E-state index is -0.801. The molecule has 4 rings (SSSR count). The van der Waals surface area contributed by atoms with Gasteiger partial charge < -0.3 is 15.7 Å². The van der Waals surface area contributed by atoms with Crippen molar-refractivity contribution in [1.29, 1.82) is 0 Å². The second kappa shape index (κ2) is 7.08. The van der Waals surface area contributed by atoms with Gasteiger partial charge in [-0.05, 0) is 37.0 Å². The standard InChI is InChI=1S/C21H33N5O2/c1-21(2,3)17-9-8-14-11-25(12-16(14)26(17)20(27)28)18-10-15(23-19(22)24-18)13-6-4-5-7-13/h10,13-14,16-17H,4-9,11-12H2,1-3H3,(H,27,28)(H2,22,23,24)/t14-,16+,17?/m1/s1. The van der Waals surface area contributed by atoms with Gasteiger partial charge in [0.2, 0.25) is 5.95 Å². The Morgan fingerprint density at radius 1 is 1.14 bits per heavy atom. The summed E-state index contributed by atoms with van der Waals surface area (Å²) in [6.45, 7) is 7.94. The monoisotopic (exact) mass is 387 g/mol. The van der Waals surface area contributed by atoms with Crippen molar-refractivity contribution in [3.63, 3.8) is 0 Å². The minimum Gasteiger partial charge on any atom is -0.465 e. The molecule has 3 heterocycles. The van der Waals surface area contributed by atoms with Gasteiger partial charge in [0.15, 0.2) is 0 Å². The Labute approximate surface area is 167 Å². The Morgan fingerprint density at radius 3 is 2.50 bits per heavy atom. The highest BCUT2D eigenvalue weighted by atomic mass is 16.4. The van der Waals surface area contributed by atoms with Gasteiger partial charge in [-0.25, -0.2) is 9.78 Å². The first-order valence-electron chi connectivity index (χ1n) is 10.6. The van der Waals surface area contributed by atoms with Gasteiger partial charge in [-0.1, -0.05) is 33.6 Å². The molecule has 0 bridgehead atoms. The fourth-order valence-corrected chi connectivity index (χ4v) is 5.57. The molecule has 1 saturated carbocycles. The first kappa shape index (κ1) is 19.3. The zero-order chi connectivity index (χ0) is 20.1. The van der Waals surface area contributed by atoms with E-state index in [2.05, 4.69) is 41.7 Å². The number of carboxylic acid groups (broad SMARTS) is 1. The van der Waals surface area contributed by atoms with E-state index in [1.165, 1.54) is 25.7 Å². The lowest BCUT2D eigenvalue weighted by atomic mass is 9.76. The van der Waals surface area contributed by atoms with Gasteiger partial charge in [0.1, 0.15) is 5.82 Å². The van der Waals surface area contributed by atoms with Gasteiger partial charge in [0, 0.05) is 31.1 Å². The van der Waals surface area contributed by atoms with Crippen LogP contribution in [0.15, 0.2) is 6.07 Å².